The highest BCUT2D eigenvalue weighted by atomic mass is 16.3. The molecule has 1 aromatic carbocycles. The van der Waals surface area contributed by atoms with Crippen molar-refractivity contribution in [1.29, 1.82) is 0 Å². The number of nitrogens with zero attached hydrogens (tertiary/aromatic N) is 2. The van der Waals surface area contributed by atoms with E-state index in [0.717, 1.165) is 18.5 Å². The molecule has 15 heavy (non-hydrogen) atoms. The zero-order valence-electron chi connectivity index (χ0n) is 8.72. The lowest BCUT2D eigenvalue weighted by Gasteiger charge is -2.00. The first-order valence-corrected chi connectivity index (χ1v) is 5.12. The second-order valence-corrected chi connectivity index (χ2v) is 3.56. The number of aromatic nitrogens is 2. The number of hydrogen-bond donors (Lipinski definition) is 1. The summed E-state index contributed by atoms with van der Waals surface area (Å²) in [5, 5.41) is 13.4. The Labute approximate surface area is 89.0 Å². The predicted molar refractivity (Wildman–Crippen MR) is 59.2 cm³/mol. The lowest BCUT2D eigenvalue weighted by atomic mass is 10.2. The average Bonchev–Trinajstić information content (AvgIpc) is 2.68. The van der Waals surface area contributed by atoms with Gasteiger partial charge in [-0.25, -0.2) is 4.68 Å². The third-order valence-corrected chi connectivity index (χ3v) is 2.29. The van der Waals surface area contributed by atoms with Crippen molar-refractivity contribution >= 4 is 0 Å². The fraction of sp³-hybridized carbons (Fsp3) is 0.250. The fourth-order valence-corrected chi connectivity index (χ4v) is 1.52. The molecule has 3 nitrogen and oxygen atoms in total. The van der Waals surface area contributed by atoms with Crippen LogP contribution in [0.3, 0.4) is 0 Å². The number of phenolic OH excluding ortho intramolecular Hbond substituents is 1. The van der Waals surface area contributed by atoms with Gasteiger partial charge in [-0.1, -0.05) is 13.3 Å². The van der Waals surface area contributed by atoms with E-state index in [1.165, 1.54) is 5.56 Å². The summed E-state index contributed by atoms with van der Waals surface area (Å²) in [6, 6.07) is 7.02. The number of phenols is 1. The van der Waals surface area contributed by atoms with E-state index in [2.05, 4.69) is 12.0 Å². The summed E-state index contributed by atoms with van der Waals surface area (Å²) in [7, 11) is 0. The summed E-state index contributed by atoms with van der Waals surface area (Å²) in [4.78, 5) is 0. The number of aryl methyl sites for hydroxylation is 1. The van der Waals surface area contributed by atoms with E-state index in [4.69, 9.17) is 5.11 Å². The molecule has 3 heteroatoms. The monoisotopic (exact) mass is 202 g/mol. The number of hydrogen-bond acceptors (Lipinski definition) is 2. The van der Waals surface area contributed by atoms with Crippen molar-refractivity contribution in [3.63, 3.8) is 0 Å². The summed E-state index contributed by atoms with van der Waals surface area (Å²) in [6.07, 6.45) is 6.09. The number of benzene rings is 1. The second kappa shape index (κ2) is 4.17. The molecule has 1 aromatic heterocycles. The van der Waals surface area contributed by atoms with Crippen LogP contribution in [0.2, 0.25) is 0 Å². The SMILES string of the molecule is CCCc1cnn(-c2ccc(O)cc2)c1. The summed E-state index contributed by atoms with van der Waals surface area (Å²) in [5.41, 5.74) is 2.21. The minimum Gasteiger partial charge on any atom is -0.508 e. The Morgan fingerprint density at radius 3 is 2.67 bits per heavy atom. The van der Waals surface area contributed by atoms with Gasteiger partial charge in [0.15, 0.2) is 0 Å². The van der Waals surface area contributed by atoms with Gasteiger partial charge < -0.3 is 5.11 Å². The first-order chi connectivity index (χ1) is 7.29. The average molecular weight is 202 g/mol. The van der Waals surface area contributed by atoms with Crippen molar-refractivity contribution < 1.29 is 5.11 Å². The van der Waals surface area contributed by atoms with Crippen LogP contribution in [0.25, 0.3) is 5.69 Å². The number of aromatic hydroxyl groups is 1. The van der Waals surface area contributed by atoms with Gasteiger partial charge in [-0.3, -0.25) is 0 Å². The van der Waals surface area contributed by atoms with Crippen LogP contribution in [0.15, 0.2) is 36.7 Å². The van der Waals surface area contributed by atoms with E-state index in [-0.39, 0.29) is 5.75 Å². The first-order valence-electron chi connectivity index (χ1n) is 5.12. The van der Waals surface area contributed by atoms with Crippen LogP contribution in [-0.4, -0.2) is 14.9 Å². The van der Waals surface area contributed by atoms with E-state index < -0.39 is 0 Å². The summed E-state index contributed by atoms with van der Waals surface area (Å²) in [6.45, 7) is 2.15. The molecule has 78 valence electrons. The molecule has 1 heterocycles. The molecule has 0 aliphatic carbocycles. The van der Waals surface area contributed by atoms with Crippen molar-refractivity contribution in [3.8, 4) is 11.4 Å². The smallest absolute Gasteiger partial charge is 0.115 e. The van der Waals surface area contributed by atoms with E-state index >= 15 is 0 Å². The Hall–Kier alpha value is -1.77. The van der Waals surface area contributed by atoms with Gasteiger partial charge in [-0.2, -0.15) is 5.10 Å². The zero-order valence-corrected chi connectivity index (χ0v) is 8.72. The Morgan fingerprint density at radius 1 is 1.27 bits per heavy atom. The minimum atomic E-state index is 0.277. The van der Waals surface area contributed by atoms with Crippen molar-refractivity contribution in [3.05, 3.63) is 42.2 Å². The van der Waals surface area contributed by atoms with E-state index in [1.807, 2.05) is 29.2 Å². The molecule has 0 bridgehead atoms. The molecule has 0 saturated carbocycles. The van der Waals surface area contributed by atoms with Gasteiger partial charge in [0.05, 0.1) is 11.9 Å². The van der Waals surface area contributed by atoms with Crippen molar-refractivity contribution in [2.24, 2.45) is 0 Å². The highest BCUT2D eigenvalue weighted by molar-refractivity contribution is 5.36. The highest BCUT2D eigenvalue weighted by Gasteiger charge is 1.99. The van der Waals surface area contributed by atoms with Gasteiger partial charge in [0.2, 0.25) is 0 Å². The Bertz CT molecular complexity index is 431. The molecule has 2 aromatic rings. The van der Waals surface area contributed by atoms with Crippen molar-refractivity contribution in [2.75, 3.05) is 0 Å². The van der Waals surface area contributed by atoms with E-state index in [1.54, 1.807) is 12.1 Å². The quantitative estimate of drug-likeness (QED) is 0.830. The van der Waals surface area contributed by atoms with Crippen LogP contribution >= 0.6 is 0 Å². The molecule has 0 atom stereocenters. The normalized spacial score (nSPS) is 10.5. The molecule has 0 saturated heterocycles. The lowest BCUT2D eigenvalue weighted by Crippen LogP contribution is -1.92. The maximum atomic E-state index is 9.16. The standard InChI is InChI=1S/C12H14N2O/c1-2-3-10-8-13-14(9-10)11-4-6-12(15)7-5-11/h4-9,15H,2-3H2,1H3. The molecule has 0 aliphatic heterocycles. The third kappa shape index (κ3) is 2.18. The minimum absolute atomic E-state index is 0.277. The topological polar surface area (TPSA) is 38.0 Å². The highest BCUT2D eigenvalue weighted by Crippen LogP contribution is 2.13. The van der Waals surface area contributed by atoms with E-state index in [0.29, 0.717) is 0 Å². The van der Waals surface area contributed by atoms with Gasteiger partial charge in [0.25, 0.3) is 0 Å². The third-order valence-electron chi connectivity index (χ3n) is 2.29. The maximum absolute atomic E-state index is 9.16. The summed E-state index contributed by atoms with van der Waals surface area (Å²) in [5.74, 6) is 0.277. The molecule has 0 aliphatic rings. The van der Waals surface area contributed by atoms with Gasteiger partial charge in [0.1, 0.15) is 5.75 Å². The van der Waals surface area contributed by atoms with Crippen LogP contribution < -0.4 is 0 Å². The fourth-order valence-electron chi connectivity index (χ4n) is 1.52. The molecule has 2 rings (SSSR count). The lowest BCUT2D eigenvalue weighted by molar-refractivity contribution is 0.475. The van der Waals surface area contributed by atoms with Crippen molar-refractivity contribution in [1.82, 2.24) is 9.78 Å². The van der Waals surface area contributed by atoms with Crippen LogP contribution in [0.5, 0.6) is 5.75 Å². The van der Waals surface area contributed by atoms with Crippen LogP contribution in [0, 0.1) is 0 Å². The maximum Gasteiger partial charge on any atom is 0.115 e. The summed E-state index contributed by atoms with van der Waals surface area (Å²) >= 11 is 0. The molecule has 0 spiro atoms. The largest absolute Gasteiger partial charge is 0.508 e. The van der Waals surface area contributed by atoms with Gasteiger partial charge in [-0.05, 0) is 36.2 Å². The first kappa shape index (κ1) is 9.77. The van der Waals surface area contributed by atoms with Crippen LogP contribution in [0.1, 0.15) is 18.9 Å². The molecule has 0 fully saturated rings. The van der Waals surface area contributed by atoms with Crippen molar-refractivity contribution in [2.45, 2.75) is 19.8 Å². The predicted octanol–water partition coefficient (Wildman–Crippen LogP) is 2.53. The molecule has 1 N–H and O–H groups in total. The second-order valence-electron chi connectivity index (χ2n) is 3.56. The van der Waals surface area contributed by atoms with E-state index in [9.17, 15) is 0 Å². The number of rotatable bonds is 3. The van der Waals surface area contributed by atoms with Gasteiger partial charge >= 0.3 is 0 Å². The zero-order chi connectivity index (χ0) is 10.7. The van der Waals surface area contributed by atoms with Gasteiger partial charge in [-0.15, -0.1) is 0 Å². The molecular formula is C12H14N2O. The van der Waals surface area contributed by atoms with Gasteiger partial charge in [0, 0.05) is 6.20 Å². The summed E-state index contributed by atoms with van der Waals surface area (Å²) < 4.78 is 1.82. The molecular weight excluding hydrogens is 188 g/mol. The Morgan fingerprint density at radius 2 is 2.00 bits per heavy atom. The van der Waals surface area contributed by atoms with Crippen LogP contribution in [-0.2, 0) is 6.42 Å². The molecule has 0 radical (unpaired) electrons. The molecule has 0 amide bonds. The molecule has 0 unspecified atom stereocenters. The Balaban J connectivity index is 2.25. The Kier molecular flexibility index (Phi) is 2.72. The van der Waals surface area contributed by atoms with Crippen LogP contribution in [0.4, 0.5) is 0 Å².